The molecule has 3 heterocycles. The van der Waals surface area contributed by atoms with Crippen molar-refractivity contribution in [2.75, 3.05) is 18.0 Å². The molecule has 0 saturated carbocycles. The number of ether oxygens (including phenoxy) is 1. The number of carbonyl (C=O) groups excluding carboxylic acids is 1. The van der Waals surface area contributed by atoms with Gasteiger partial charge in [-0.1, -0.05) is 0 Å². The molecule has 0 aliphatic carbocycles. The second-order valence-electron chi connectivity index (χ2n) is 6.64. The number of fused-ring (bicyclic) bond motifs is 1. The Morgan fingerprint density at radius 1 is 1.43 bits per heavy atom. The number of nitrogens with one attached hydrogen (secondary N) is 1. The molecule has 2 aromatic rings. The molecule has 0 atom stereocenters. The second-order valence-corrected chi connectivity index (χ2v) is 6.64. The lowest BCUT2D eigenvalue weighted by Gasteiger charge is -2.36. The first-order valence-corrected chi connectivity index (χ1v) is 7.82. The van der Waals surface area contributed by atoms with Gasteiger partial charge in [0.15, 0.2) is 5.65 Å². The third-order valence-electron chi connectivity index (χ3n) is 4.30. The molecule has 2 aromatic heterocycles. The molecule has 1 fully saturated rings. The molecule has 3 rings (SSSR count). The minimum atomic E-state index is -0.712. The van der Waals surface area contributed by atoms with Crippen LogP contribution in [0.15, 0.2) is 12.5 Å². The molecule has 8 heteroatoms. The highest BCUT2D eigenvalue weighted by molar-refractivity contribution is 5.86. The summed E-state index contributed by atoms with van der Waals surface area (Å²) in [6.07, 6.45) is 5.47. The van der Waals surface area contributed by atoms with Crippen LogP contribution in [0.2, 0.25) is 0 Å². The van der Waals surface area contributed by atoms with Crippen LogP contribution in [-0.2, 0) is 4.74 Å². The second kappa shape index (κ2) is 6.02. The SMILES string of the molecule is CC(C)(CC1CCN(c2ncnc3[nH]ncc23)CC1)OC(N)=O. The highest BCUT2D eigenvalue weighted by atomic mass is 16.6. The van der Waals surface area contributed by atoms with E-state index in [2.05, 4.69) is 25.1 Å². The standard InChI is InChI=1S/C15H22N6O2/c1-15(2,23-14(16)22)7-10-3-5-21(6-4-10)13-11-8-19-20-12(11)17-9-18-13/h8-10H,3-7H2,1-2H3,(H2,16,22)(H,17,18,19,20). The lowest BCUT2D eigenvalue weighted by molar-refractivity contribution is 0.0236. The van der Waals surface area contributed by atoms with Crippen LogP contribution in [0.1, 0.15) is 33.1 Å². The van der Waals surface area contributed by atoms with Crippen molar-refractivity contribution in [3.05, 3.63) is 12.5 Å². The molecule has 0 aromatic carbocycles. The Morgan fingerprint density at radius 3 is 2.87 bits per heavy atom. The summed E-state index contributed by atoms with van der Waals surface area (Å²) in [5.41, 5.74) is 5.37. The van der Waals surface area contributed by atoms with Crippen molar-refractivity contribution >= 4 is 22.9 Å². The maximum atomic E-state index is 11.0. The van der Waals surface area contributed by atoms with Crippen molar-refractivity contribution in [2.45, 2.75) is 38.7 Å². The van der Waals surface area contributed by atoms with Gasteiger partial charge in [-0.15, -0.1) is 0 Å². The lowest BCUT2D eigenvalue weighted by Crippen LogP contribution is -2.39. The molecule has 1 aliphatic heterocycles. The smallest absolute Gasteiger partial charge is 0.405 e. The van der Waals surface area contributed by atoms with Crippen molar-refractivity contribution in [2.24, 2.45) is 11.7 Å². The third kappa shape index (κ3) is 3.52. The molecular weight excluding hydrogens is 296 g/mol. The highest BCUT2D eigenvalue weighted by Gasteiger charge is 2.29. The molecular formula is C15H22N6O2. The molecule has 0 spiro atoms. The summed E-state index contributed by atoms with van der Waals surface area (Å²) in [5, 5.41) is 7.85. The first-order chi connectivity index (χ1) is 10.9. The van der Waals surface area contributed by atoms with Gasteiger partial charge < -0.3 is 15.4 Å². The third-order valence-corrected chi connectivity index (χ3v) is 4.30. The van der Waals surface area contributed by atoms with Crippen LogP contribution < -0.4 is 10.6 Å². The summed E-state index contributed by atoms with van der Waals surface area (Å²) < 4.78 is 5.19. The summed E-state index contributed by atoms with van der Waals surface area (Å²) >= 11 is 0. The van der Waals surface area contributed by atoms with Gasteiger partial charge in [-0.2, -0.15) is 5.10 Å². The van der Waals surface area contributed by atoms with Crippen molar-refractivity contribution < 1.29 is 9.53 Å². The van der Waals surface area contributed by atoms with Gasteiger partial charge in [0.25, 0.3) is 0 Å². The van der Waals surface area contributed by atoms with E-state index in [9.17, 15) is 4.79 Å². The van der Waals surface area contributed by atoms with Gasteiger partial charge in [0, 0.05) is 13.1 Å². The topological polar surface area (TPSA) is 110 Å². The summed E-state index contributed by atoms with van der Waals surface area (Å²) in [4.78, 5) is 21.8. The molecule has 124 valence electrons. The van der Waals surface area contributed by atoms with Gasteiger partial charge in [-0.25, -0.2) is 14.8 Å². The van der Waals surface area contributed by atoms with E-state index in [-0.39, 0.29) is 0 Å². The number of aromatic amines is 1. The van der Waals surface area contributed by atoms with Crippen LogP contribution in [0.3, 0.4) is 0 Å². The van der Waals surface area contributed by atoms with E-state index in [0.29, 0.717) is 5.92 Å². The molecule has 23 heavy (non-hydrogen) atoms. The Labute approximate surface area is 134 Å². The zero-order chi connectivity index (χ0) is 16.4. The maximum absolute atomic E-state index is 11.0. The maximum Gasteiger partial charge on any atom is 0.405 e. The summed E-state index contributed by atoms with van der Waals surface area (Å²) in [5.74, 6) is 1.43. The molecule has 1 amide bonds. The number of anilines is 1. The van der Waals surface area contributed by atoms with Gasteiger partial charge in [0.2, 0.25) is 0 Å². The Balaban J connectivity index is 1.62. The van der Waals surface area contributed by atoms with Crippen molar-refractivity contribution in [3.8, 4) is 0 Å². The zero-order valence-corrected chi connectivity index (χ0v) is 13.5. The van der Waals surface area contributed by atoms with E-state index >= 15 is 0 Å². The number of rotatable bonds is 4. The van der Waals surface area contributed by atoms with Gasteiger partial charge >= 0.3 is 6.09 Å². The first-order valence-electron chi connectivity index (χ1n) is 7.82. The van der Waals surface area contributed by atoms with E-state index in [0.717, 1.165) is 49.2 Å². The van der Waals surface area contributed by atoms with Crippen molar-refractivity contribution in [1.29, 1.82) is 0 Å². The Hall–Kier alpha value is -2.38. The monoisotopic (exact) mass is 318 g/mol. The average molecular weight is 318 g/mol. The fourth-order valence-electron chi connectivity index (χ4n) is 3.36. The van der Waals surface area contributed by atoms with Gasteiger partial charge in [-0.3, -0.25) is 5.10 Å². The predicted octanol–water partition coefficient (Wildman–Crippen LogP) is 1.83. The predicted molar refractivity (Wildman–Crippen MR) is 86.0 cm³/mol. The first kappa shape index (κ1) is 15.5. The van der Waals surface area contributed by atoms with E-state index in [1.165, 1.54) is 0 Å². The van der Waals surface area contributed by atoms with E-state index in [1.54, 1.807) is 12.5 Å². The lowest BCUT2D eigenvalue weighted by atomic mass is 9.86. The van der Waals surface area contributed by atoms with Crippen LogP contribution in [0.25, 0.3) is 11.0 Å². The van der Waals surface area contributed by atoms with Crippen LogP contribution >= 0.6 is 0 Å². The molecule has 0 radical (unpaired) electrons. The number of nitrogens with zero attached hydrogens (tertiary/aromatic N) is 4. The number of nitrogens with two attached hydrogens (primary N) is 1. The quantitative estimate of drug-likeness (QED) is 0.890. The Kier molecular flexibility index (Phi) is 4.06. The number of amides is 1. The van der Waals surface area contributed by atoms with Crippen LogP contribution in [0, 0.1) is 5.92 Å². The van der Waals surface area contributed by atoms with E-state index in [4.69, 9.17) is 10.5 Å². The van der Waals surface area contributed by atoms with Gasteiger partial charge in [0.05, 0.1) is 11.6 Å². The minimum Gasteiger partial charge on any atom is -0.444 e. The van der Waals surface area contributed by atoms with Crippen molar-refractivity contribution in [1.82, 2.24) is 20.2 Å². The highest BCUT2D eigenvalue weighted by Crippen LogP contribution is 2.31. The fraction of sp³-hybridized carbons (Fsp3) is 0.600. The number of carbonyl (C=O) groups is 1. The van der Waals surface area contributed by atoms with Gasteiger partial charge in [0.1, 0.15) is 17.7 Å². The largest absolute Gasteiger partial charge is 0.444 e. The van der Waals surface area contributed by atoms with Crippen LogP contribution in [0.4, 0.5) is 10.6 Å². The Bertz CT molecular complexity index is 690. The Morgan fingerprint density at radius 2 is 2.17 bits per heavy atom. The fourth-order valence-corrected chi connectivity index (χ4v) is 3.36. The normalized spacial score (nSPS) is 16.7. The van der Waals surface area contributed by atoms with E-state index < -0.39 is 11.7 Å². The van der Waals surface area contributed by atoms with Crippen LogP contribution in [0.5, 0.6) is 0 Å². The zero-order valence-electron chi connectivity index (χ0n) is 13.5. The molecule has 3 N–H and O–H groups in total. The molecule has 0 unspecified atom stereocenters. The number of aromatic nitrogens is 4. The number of H-pyrrole nitrogens is 1. The summed E-state index contributed by atoms with van der Waals surface area (Å²) in [7, 11) is 0. The van der Waals surface area contributed by atoms with Gasteiger partial charge in [-0.05, 0) is 39.0 Å². The summed E-state index contributed by atoms with van der Waals surface area (Å²) in [6.45, 7) is 5.64. The summed E-state index contributed by atoms with van der Waals surface area (Å²) in [6, 6.07) is 0. The molecule has 1 saturated heterocycles. The number of primary amides is 1. The molecule has 0 bridgehead atoms. The molecule has 8 nitrogen and oxygen atoms in total. The average Bonchev–Trinajstić information content (AvgIpc) is 2.94. The number of hydrogen-bond acceptors (Lipinski definition) is 6. The molecule has 1 aliphatic rings. The number of piperidine rings is 1. The van der Waals surface area contributed by atoms with Crippen LogP contribution in [-0.4, -0.2) is 44.9 Å². The number of hydrogen-bond donors (Lipinski definition) is 2. The van der Waals surface area contributed by atoms with Crippen molar-refractivity contribution in [3.63, 3.8) is 0 Å². The van der Waals surface area contributed by atoms with E-state index in [1.807, 2.05) is 13.8 Å². The minimum absolute atomic E-state index is 0.502.